The van der Waals surface area contributed by atoms with E-state index in [1.165, 1.54) is 31.7 Å². The SMILES string of the molecule is O=C(Nc1cc(C2CC3CCC2C3)[nH]n1)c1ccc(F)c(O)c1. The van der Waals surface area contributed by atoms with Crippen LogP contribution in [-0.4, -0.2) is 21.2 Å². The molecule has 2 saturated carbocycles. The van der Waals surface area contributed by atoms with E-state index in [0.29, 0.717) is 11.7 Å². The molecule has 2 aromatic rings. The van der Waals surface area contributed by atoms with Crippen molar-refractivity contribution in [3.05, 3.63) is 41.3 Å². The molecule has 4 rings (SSSR count). The first-order chi connectivity index (χ1) is 11.1. The summed E-state index contributed by atoms with van der Waals surface area (Å²) in [5.41, 5.74) is 1.27. The fourth-order valence-electron chi connectivity index (χ4n) is 4.06. The number of anilines is 1. The topological polar surface area (TPSA) is 78.0 Å². The molecule has 120 valence electrons. The van der Waals surface area contributed by atoms with Gasteiger partial charge in [-0.1, -0.05) is 6.42 Å². The van der Waals surface area contributed by atoms with Crippen molar-refractivity contribution in [2.75, 3.05) is 5.32 Å². The number of phenols is 1. The minimum absolute atomic E-state index is 0.188. The quantitative estimate of drug-likeness (QED) is 0.812. The molecule has 0 aliphatic heterocycles. The summed E-state index contributed by atoms with van der Waals surface area (Å²) in [6, 6.07) is 5.38. The molecular formula is C17H18FN3O2. The number of halogens is 1. The number of carbonyl (C=O) groups excluding carboxylic acids is 1. The van der Waals surface area contributed by atoms with Gasteiger partial charge in [-0.25, -0.2) is 4.39 Å². The van der Waals surface area contributed by atoms with Crippen molar-refractivity contribution in [3.63, 3.8) is 0 Å². The minimum atomic E-state index is -0.750. The molecule has 0 saturated heterocycles. The van der Waals surface area contributed by atoms with Crippen molar-refractivity contribution in [1.29, 1.82) is 0 Å². The number of aromatic nitrogens is 2. The van der Waals surface area contributed by atoms with Crippen molar-refractivity contribution < 1.29 is 14.3 Å². The van der Waals surface area contributed by atoms with Crippen LogP contribution >= 0.6 is 0 Å². The number of rotatable bonds is 3. The second kappa shape index (κ2) is 5.37. The number of phenolic OH excluding ortho intramolecular Hbond substituents is 1. The van der Waals surface area contributed by atoms with E-state index < -0.39 is 17.5 Å². The van der Waals surface area contributed by atoms with Gasteiger partial charge in [0.25, 0.3) is 5.91 Å². The van der Waals surface area contributed by atoms with Crippen molar-refractivity contribution in [2.24, 2.45) is 11.8 Å². The molecule has 0 spiro atoms. The van der Waals surface area contributed by atoms with Crippen LogP contribution in [0.25, 0.3) is 0 Å². The van der Waals surface area contributed by atoms with Gasteiger partial charge in [0.1, 0.15) is 0 Å². The molecule has 2 fully saturated rings. The van der Waals surface area contributed by atoms with Gasteiger partial charge in [-0.05, 0) is 49.3 Å². The number of amides is 1. The van der Waals surface area contributed by atoms with E-state index in [0.717, 1.165) is 29.7 Å². The van der Waals surface area contributed by atoms with Gasteiger partial charge in [-0.15, -0.1) is 0 Å². The van der Waals surface area contributed by atoms with Gasteiger partial charge in [0.15, 0.2) is 17.4 Å². The Balaban J connectivity index is 1.47. The largest absolute Gasteiger partial charge is 0.505 e. The number of nitrogens with zero attached hydrogens (tertiary/aromatic N) is 1. The summed E-state index contributed by atoms with van der Waals surface area (Å²) in [6.45, 7) is 0. The maximum atomic E-state index is 13.0. The molecule has 2 bridgehead atoms. The normalized spacial score (nSPS) is 25.7. The number of nitrogens with one attached hydrogen (secondary N) is 2. The van der Waals surface area contributed by atoms with E-state index >= 15 is 0 Å². The van der Waals surface area contributed by atoms with Crippen LogP contribution in [0.15, 0.2) is 24.3 Å². The molecule has 1 amide bonds. The summed E-state index contributed by atoms with van der Waals surface area (Å²) in [6.07, 6.45) is 5.13. The predicted molar refractivity (Wildman–Crippen MR) is 82.8 cm³/mol. The number of hydrogen-bond donors (Lipinski definition) is 3. The fourth-order valence-corrected chi connectivity index (χ4v) is 4.06. The Morgan fingerprint density at radius 3 is 2.87 bits per heavy atom. The van der Waals surface area contributed by atoms with Crippen LogP contribution in [0.4, 0.5) is 10.2 Å². The van der Waals surface area contributed by atoms with E-state index in [1.807, 2.05) is 6.07 Å². The highest BCUT2D eigenvalue weighted by molar-refractivity contribution is 6.04. The van der Waals surface area contributed by atoms with Crippen LogP contribution in [0, 0.1) is 17.7 Å². The molecule has 2 aliphatic rings. The van der Waals surface area contributed by atoms with E-state index in [1.54, 1.807) is 0 Å². The zero-order valence-corrected chi connectivity index (χ0v) is 12.6. The van der Waals surface area contributed by atoms with E-state index in [2.05, 4.69) is 15.5 Å². The van der Waals surface area contributed by atoms with Gasteiger partial charge in [-0.3, -0.25) is 9.89 Å². The number of benzene rings is 1. The van der Waals surface area contributed by atoms with Crippen molar-refractivity contribution in [1.82, 2.24) is 10.2 Å². The Bertz CT molecular complexity index is 758. The minimum Gasteiger partial charge on any atom is -0.505 e. The second-order valence-corrected chi connectivity index (χ2v) is 6.61. The Morgan fingerprint density at radius 2 is 2.17 bits per heavy atom. The lowest BCUT2D eigenvalue weighted by Gasteiger charge is -2.19. The van der Waals surface area contributed by atoms with Crippen LogP contribution in [0.3, 0.4) is 0 Å². The monoisotopic (exact) mass is 315 g/mol. The second-order valence-electron chi connectivity index (χ2n) is 6.61. The van der Waals surface area contributed by atoms with Crippen LogP contribution in [0.1, 0.15) is 47.7 Å². The molecule has 1 heterocycles. The third kappa shape index (κ3) is 2.58. The van der Waals surface area contributed by atoms with Crippen molar-refractivity contribution >= 4 is 11.7 Å². The van der Waals surface area contributed by atoms with E-state index in [9.17, 15) is 14.3 Å². The Morgan fingerprint density at radius 1 is 1.30 bits per heavy atom. The molecule has 0 radical (unpaired) electrons. The Hall–Kier alpha value is -2.37. The number of aromatic amines is 1. The highest BCUT2D eigenvalue weighted by Crippen LogP contribution is 2.52. The predicted octanol–water partition coefficient (Wildman–Crippen LogP) is 3.41. The van der Waals surface area contributed by atoms with Crippen molar-refractivity contribution in [2.45, 2.75) is 31.6 Å². The van der Waals surface area contributed by atoms with E-state index in [4.69, 9.17) is 0 Å². The molecule has 2 aliphatic carbocycles. The van der Waals surface area contributed by atoms with E-state index in [-0.39, 0.29) is 5.56 Å². The zero-order valence-electron chi connectivity index (χ0n) is 12.6. The number of aromatic hydroxyl groups is 1. The summed E-state index contributed by atoms with van der Waals surface area (Å²) in [5.74, 6) is 0.832. The number of fused-ring (bicyclic) bond motifs is 2. The molecular weight excluding hydrogens is 297 g/mol. The summed E-state index contributed by atoms with van der Waals surface area (Å²) in [5, 5.41) is 19.2. The lowest BCUT2D eigenvalue weighted by Crippen LogP contribution is -2.12. The molecule has 23 heavy (non-hydrogen) atoms. The summed E-state index contributed by atoms with van der Waals surface area (Å²) in [4.78, 5) is 12.1. The van der Waals surface area contributed by atoms with Crippen LogP contribution in [-0.2, 0) is 0 Å². The first-order valence-electron chi connectivity index (χ1n) is 7.95. The molecule has 3 N–H and O–H groups in total. The van der Waals surface area contributed by atoms with Crippen molar-refractivity contribution in [3.8, 4) is 5.75 Å². The zero-order chi connectivity index (χ0) is 16.0. The van der Waals surface area contributed by atoms with Gasteiger partial charge in [0.2, 0.25) is 0 Å². The number of carbonyl (C=O) groups is 1. The number of hydrogen-bond acceptors (Lipinski definition) is 3. The highest BCUT2D eigenvalue weighted by Gasteiger charge is 2.40. The fraction of sp³-hybridized carbons (Fsp3) is 0.412. The summed E-state index contributed by atoms with van der Waals surface area (Å²) >= 11 is 0. The van der Waals surface area contributed by atoms with Crippen LogP contribution in [0.5, 0.6) is 5.75 Å². The first kappa shape index (κ1) is 14.2. The standard InChI is InChI=1S/C17H18FN3O2/c18-13-4-3-11(7-15(13)22)17(23)19-16-8-14(20-21-16)12-6-9-1-2-10(12)5-9/h3-4,7-10,12,22H,1-2,5-6H2,(H2,19,20,21,23). The van der Waals surface area contributed by atoms with Gasteiger partial charge in [0.05, 0.1) is 0 Å². The highest BCUT2D eigenvalue weighted by atomic mass is 19.1. The third-order valence-corrected chi connectivity index (χ3v) is 5.19. The molecule has 3 unspecified atom stereocenters. The summed E-state index contributed by atoms with van der Waals surface area (Å²) < 4.78 is 13.0. The molecule has 6 heteroatoms. The molecule has 3 atom stereocenters. The maximum Gasteiger partial charge on any atom is 0.257 e. The Labute approximate surface area is 132 Å². The molecule has 1 aromatic heterocycles. The molecule has 1 aromatic carbocycles. The first-order valence-corrected chi connectivity index (χ1v) is 7.95. The number of H-pyrrole nitrogens is 1. The molecule has 5 nitrogen and oxygen atoms in total. The lowest BCUT2D eigenvalue weighted by atomic mass is 9.86. The summed E-state index contributed by atoms with van der Waals surface area (Å²) in [7, 11) is 0. The van der Waals surface area contributed by atoms with Gasteiger partial charge in [-0.2, -0.15) is 5.10 Å². The van der Waals surface area contributed by atoms with Gasteiger partial charge < -0.3 is 10.4 Å². The average molecular weight is 315 g/mol. The van der Waals surface area contributed by atoms with Crippen LogP contribution in [0.2, 0.25) is 0 Å². The van der Waals surface area contributed by atoms with Gasteiger partial charge in [0, 0.05) is 23.2 Å². The Kier molecular flexibility index (Phi) is 3.32. The smallest absolute Gasteiger partial charge is 0.257 e. The average Bonchev–Trinajstić information content (AvgIpc) is 3.25. The maximum absolute atomic E-state index is 13.0. The van der Waals surface area contributed by atoms with Crippen LogP contribution < -0.4 is 5.32 Å². The third-order valence-electron chi connectivity index (χ3n) is 5.19. The lowest BCUT2D eigenvalue weighted by molar-refractivity contribution is 0.102. The van der Waals surface area contributed by atoms with Gasteiger partial charge >= 0.3 is 0 Å².